The monoisotopic (exact) mass is 204 g/mol. The van der Waals surface area contributed by atoms with Gasteiger partial charge in [-0.1, -0.05) is 0 Å². The van der Waals surface area contributed by atoms with Crippen LogP contribution in [0.3, 0.4) is 0 Å². The number of urea groups is 1. The van der Waals surface area contributed by atoms with E-state index in [2.05, 4.69) is 15.2 Å². The number of hydrogen-bond donors (Lipinski definition) is 2. The number of ether oxygens (including phenoxy) is 2. The maximum Gasteiger partial charge on any atom is 0.332 e. The number of carbonyl (C=O) groups is 3. The van der Waals surface area contributed by atoms with Gasteiger partial charge in [0.2, 0.25) is 0 Å². The third kappa shape index (κ3) is 7.04. The van der Waals surface area contributed by atoms with Gasteiger partial charge in [0.05, 0.1) is 6.61 Å². The van der Waals surface area contributed by atoms with Crippen molar-refractivity contribution >= 4 is 17.9 Å². The van der Waals surface area contributed by atoms with Crippen molar-refractivity contribution < 1.29 is 23.9 Å². The highest BCUT2D eigenvalue weighted by atomic mass is 16.6. The number of hydrogen-bond acceptors (Lipinski definition) is 5. The molecule has 80 valence electrons. The fourth-order valence-electron chi connectivity index (χ4n) is 0.603. The zero-order valence-corrected chi connectivity index (χ0v) is 7.74. The van der Waals surface area contributed by atoms with Crippen LogP contribution in [0.25, 0.3) is 0 Å². The first kappa shape index (κ1) is 12.4. The normalized spacial score (nSPS) is 9.21. The van der Waals surface area contributed by atoms with E-state index < -0.39 is 24.5 Å². The largest absolute Gasteiger partial charge is 0.464 e. The standard InChI is InChI=1S/C7H12N2O5/c1-2-14-6(11)4-13-3-5(10)9-7(8)12/h2-4H2,1H3,(H3,8,9,10,12). The van der Waals surface area contributed by atoms with Gasteiger partial charge in [0.1, 0.15) is 13.2 Å². The fourth-order valence-corrected chi connectivity index (χ4v) is 0.603. The van der Waals surface area contributed by atoms with Crippen molar-refractivity contribution in [2.45, 2.75) is 6.92 Å². The predicted octanol–water partition coefficient (Wildman–Crippen LogP) is -1.24. The van der Waals surface area contributed by atoms with Gasteiger partial charge in [-0.05, 0) is 6.92 Å². The number of rotatable bonds is 5. The number of nitrogens with one attached hydrogen (secondary N) is 1. The van der Waals surface area contributed by atoms with Gasteiger partial charge in [-0.2, -0.15) is 0 Å². The van der Waals surface area contributed by atoms with Crippen LogP contribution in [0.4, 0.5) is 4.79 Å². The maximum atomic E-state index is 10.7. The molecule has 7 heteroatoms. The second-order valence-electron chi connectivity index (χ2n) is 2.21. The molecule has 0 heterocycles. The quantitative estimate of drug-likeness (QED) is 0.544. The minimum atomic E-state index is -0.963. The zero-order valence-electron chi connectivity index (χ0n) is 7.74. The minimum absolute atomic E-state index is 0.246. The van der Waals surface area contributed by atoms with Gasteiger partial charge in [0.15, 0.2) is 0 Å². The van der Waals surface area contributed by atoms with E-state index in [1.165, 1.54) is 0 Å². The van der Waals surface area contributed by atoms with Gasteiger partial charge in [0, 0.05) is 0 Å². The second kappa shape index (κ2) is 6.84. The molecule has 0 unspecified atom stereocenters. The van der Waals surface area contributed by atoms with Gasteiger partial charge in [-0.25, -0.2) is 9.59 Å². The molecule has 7 nitrogen and oxygen atoms in total. The third-order valence-corrected chi connectivity index (χ3v) is 1.02. The van der Waals surface area contributed by atoms with E-state index in [9.17, 15) is 14.4 Å². The molecule has 3 amide bonds. The van der Waals surface area contributed by atoms with Crippen molar-refractivity contribution in [3.05, 3.63) is 0 Å². The molecule has 0 aromatic rings. The predicted molar refractivity (Wildman–Crippen MR) is 45.2 cm³/mol. The van der Waals surface area contributed by atoms with Crippen LogP contribution in [-0.4, -0.2) is 37.7 Å². The Morgan fingerprint density at radius 1 is 1.29 bits per heavy atom. The van der Waals surface area contributed by atoms with Crippen LogP contribution in [0.1, 0.15) is 6.92 Å². The van der Waals surface area contributed by atoms with Gasteiger partial charge in [-0.3, -0.25) is 10.1 Å². The number of imide groups is 1. The summed E-state index contributed by atoms with van der Waals surface area (Å²) < 4.78 is 9.13. The molecule has 3 N–H and O–H groups in total. The van der Waals surface area contributed by atoms with E-state index in [1.807, 2.05) is 0 Å². The molecule has 0 radical (unpaired) electrons. The number of carbonyl (C=O) groups excluding carboxylic acids is 3. The van der Waals surface area contributed by atoms with Crippen molar-refractivity contribution in [3.8, 4) is 0 Å². The highest BCUT2D eigenvalue weighted by molar-refractivity contribution is 5.94. The Morgan fingerprint density at radius 2 is 1.93 bits per heavy atom. The molecule has 0 spiro atoms. The van der Waals surface area contributed by atoms with Crippen molar-refractivity contribution in [1.29, 1.82) is 0 Å². The Bertz CT molecular complexity index is 228. The Morgan fingerprint density at radius 3 is 2.43 bits per heavy atom. The molecular weight excluding hydrogens is 192 g/mol. The van der Waals surface area contributed by atoms with Gasteiger partial charge in [0.25, 0.3) is 5.91 Å². The van der Waals surface area contributed by atoms with Crippen LogP contribution in [0.15, 0.2) is 0 Å². The first-order valence-corrected chi connectivity index (χ1v) is 3.89. The maximum absolute atomic E-state index is 10.7. The summed E-state index contributed by atoms with van der Waals surface area (Å²) in [7, 11) is 0. The number of nitrogens with two attached hydrogens (primary N) is 1. The van der Waals surface area contributed by atoms with E-state index in [-0.39, 0.29) is 13.2 Å². The molecule has 0 saturated carbocycles. The Kier molecular flexibility index (Phi) is 6.04. The third-order valence-electron chi connectivity index (χ3n) is 1.02. The van der Waals surface area contributed by atoms with E-state index in [0.29, 0.717) is 0 Å². The molecule has 14 heavy (non-hydrogen) atoms. The molecule has 0 atom stereocenters. The average Bonchev–Trinajstić information content (AvgIpc) is 2.02. The second-order valence-corrected chi connectivity index (χ2v) is 2.21. The fraction of sp³-hybridized carbons (Fsp3) is 0.571. The lowest BCUT2D eigenvalue weighted by Gasteiger charge is -2.03. The van der Waals surface area contributed by atoms with Crippen LogP contribution in [0, 0.1) is 0 Å². The van der Waals surface area contributed by atoms with Crippen LogP contribution in [0.5, 0.6) is 0 Å². The van der Waals surface area contributed by atoms with Crippen LogP contribution in [0.2, 0.25) is 0 Å². The minimum Gasteiger partial charge on any atom is -0.464 e. The summed E-state index contributed by atoms with van der Waals surface area (Å²) in [5.74, 6) is -1.28. The van der Waals surface area contributed by atoms with Crippen molar-refractivity contribution in [3.63, 3.8) is 0 Å². The summed E-state index contributed by atoms with van der Waals surface area (Å²) >= 11 is 0. The highest BCUT2D eigenvalue weighted by Gasteiger charge is 2.06. The van der Waals surface area contributed by atoms with Crippen LogP contribution < -0.4 is 11.1 Å². The first-order valence-electron chi connectivity index (χ1n) is 3.89. The van der Waals surface area contributed by atoms with Gasteiger partial charge in [-0.15, -0.1) is 0 Å². The lowest BCUT2D eigenvalue weighted by molar-refractivity contribution is -0.149. The van der Waals surface area contributed by atoms with Crippen molar-refractivity contribution in [2.75, 3.05) is 19.8 Å². The van der Waals surface area contributed by atoms with E-state index in [1.54, 1.807) is 12.2 Å². The molecule has 0 aliphatic rings. The zero-order chi connectivity index (χ0) is 11.0. The number of primary amides is 1. The summed E-state index contributed by atoms with van der Waals surface area (Å²) in [6.07, 6.45) is 0. The molecule has 0 rings (SSSR count). The molecule has 0 aromatic heterocycles. The molecule has 0 aliphatic carbocycles. The summed E-state index contributed by atoms with van der Waals surface area (Å²) in [5, 5.41) is 1.77. The molecule has 0 aliphatic heterocycles. The summed E-state index contributed by atoms with van der Waals surface area (Å²) in [5.41, 5.74) is 4.65. The first-order chi connectivity index (χ1) is 6.56. The van der Waals surface area contributed by atoms with Crippen molar-refractivity contribution in [1.82, 2.24) is 5.32 Å². The van der Waals surface area contributed by atoms with E-state index in [0.717, 1.165) is 0 Å². The van der Waals surface area contributed by atoms with Crippen LogP contribution >= 0.6 is 0 Å². The summed E-state index contributed by atoms with van der Waals surface area (Å²) in [6.45, 7) is 1.15. The average molecular weight is 204 g/mol. The van der Waals surface area contributed by atoms with Crippen molar-refractivity contribution in [2.24, 2.45) is 5.73 Å². The topological polar surface area (TPSA) is 108 Å². The number of esters is 1. The Balaban J connectivity index is 3.49. The van der Waals surface area contributed by atoms with Gasteiger partial charge >= 0.3 is 12.0 Å². The van der Waals surface area contributed by atoms with E-state index >= 15 is 0 Å². The van der Waals surface area contributed by atoms with Gasteiger partial charge < -0.3 is 15.2 Å². The summed E-state index contributed by atoms with van der Waals surface area (Å²) in [4.78, 5) is 31.5. The lowest BCUT2D eigenvalue weighted by atomic mass is 10.6. The Hall–Kier alpha value is -1.63. The smallest absolute Gasteiger partial charge is 0.332 e. The molecule has 0 fully saturated rings. The highest BCUT2D eigenvalue weighted by Crippen LogP contribution is 1.81. The lowest BCUT2D eigenvalue weighted by Crippen LogP contribution is -2.37. The molecule has 0 saturated heterocycles. The molecule has 0 bridgehead atoms. The van der Waals surface area contributed by atoms with Crippen LogP contribution in [-0.2, 0) is 19.1 Å². The SMILES string of the molecule is CCOC(=O)COCC(=O)NC(N)=O. The number of amides is 3. The molecular formula is C7H12N2O5. The molecule has 0 aromatic carbocycles. The Labute approximate surface area is 80.5 Å². The van der Waals surface area contributed by atoms with E-state index in [4.69, 9.17) is 0 Å². The summed E-state index contributed by atoms with van der Waals surface area (Å²) in [6, 6.07) is -0.963.